The van der Waals surface area contributed by atoms with Crippen LogP contribution in [0.1, 0.15) is 69.1 Å². The molecule has 71 heavy (non-hydrogen) atoms. The van der Waals surface area contributed by atoms with Crippen molar-refractivity contribution in [1.29, 1.82) is 0 Å². The first-order valence-electron chi connectivity index (χ1n) is 23.8. The van der Waals surface area contributed by atoms with E-state index in [1.165, 1.54) is 11.9 Å². The predicted octanol–water partition coefficient (Wildman–Crippen LogP) is 6.44. The minimum atomic E-state index is -1.10. The van der Waals surface area contributed by atoms with Crippen molar-refractivity contribution < 1.29 is 33.4 Å². The number of aromatic amines is 1. The van der Waals surface area contributed by atoms with E-state index in [0.717, 1.165) is 53.1 Å². The maximum Gasteiger partial charge on any atom is 0.408 e. The molecule has 3 aromatic heterocycles. The van der Waals surface area contributed by atoms with E-state index in [4.69, 9.17) is 25.8 Å². The maximum atomic E-state index is 13.4. The molecule has 2 saturated heterocycles. The van der Waals surface area contributed by atoms with Gasteiger partial charge >= 0.3 is 6.09 Å². The minimum absolute atomic E-state index is 0.184. The summed E-state index contributed by atoms with van der Waals surface area (Å²) in [5, 5.41) is 16.3. The number of nitrogens with one attached hydrogen (secondary N) is 6. The van der Waals surface area contributed by atoms with Crippen molar-refractivity contribution in [2.24, 2.45) is 0 Å². The predicted molar refractivity (Wildman–Crippen MR) is 286 cm³/mol. The number of aryl methyl sites for hydroxylation is 1. The van der Waals surface area contributed by atoms with Gasteiger partial charge in [0.15, 0.2) is 5.69 Å². The number of carbonyl (C=O) groups excluding carboxylic acids is 4. The van der Waals surface area contributed by atoms with Gasteiger partial charge in [-0.3, -0.25) is 19.3 Å². The first-order valence-corrected chi connectivity index (χ1v) is 26.3. The van der Waals surface area contributed by atoms with Crippen LogP contribution < -0.4 is 31.5 Å². The molecule has 0 bridgehead atoms. The quantitative estimate of drug-likeness (QED) is 0.0286. The molecule has 1 unspecified atom stereocenters. The molecular weight excluding hydrogens is 965 g/mol. The van der Waals surface area contributed by atoms with Crippen LogP contribution in [0.4, 0.5) is 16.3 Å². The maximum absolute atomic E-state index is 13.4. The lowest BCUT2D eigenvalue weighted by Gasteiger charge is -2.41. The van der Waals surface area contributed by atoms with E-state index in [1.54, 1.807) is 39.1 Å². The lowest BCUT2D eigenvalue weighted by Crippen LogP contribution is -2.63. The number of benzene rings is 2. The van der Waals surface area contributed by atoms with Gasteiger partial charge in [-0.2, -0.15) is 12.2 Å². The van der Waals surface area contributed by atoms with E-state index in [9.17, 15) is 19.2 Å². The number of likely N-dealkylation sites (N-methyl/N-ethyl adjacent to an activating group) is 1. The number of thiol groups is 1. The molecule has 6 N–H and O–H groups in total. The fourth-order valence-electron chi connectivity index (χ4n) is 7.84. The fraction of sp³-hybridized carbons (Fsp3) is 0.460. The zero-order valence-corrected chi connectivity index (χ0v) is 44.1. The zero-order chi connectivity index (χ0) is 51.2. The lowest BCUT2D eigenvalue weighted by atomic mass is 9.86. The number of hydrogen-bond donors (Lipinski definition) is 7. The van der Waals surface area contributed by atoms with E-state index >= 15 is 0 Å². The number of fused-ring (bicyclic) bond motifs is 1. The van der Waals surface area contributed by atoms with Crippen molar-refractivity contribution in [3.63, 3.8) is 0 Å². The molecule has 18 nitrogen and oxygen atoms in total. The average molecular weight is 1030 g/mol. The highest BCUT2D eigenvalue weighted by molar-refractivity contribution is 8.31. The second kappa shape index (κ2) is 28.6. The van der Waals surface area contributed by atoms with Crippen LogP contribution in [0.2, 0.25) is 5.02 Å². The highest BCUT2D eigenvalue weighted by atomic mass is 35.5. The zero-order valence-electron chi connectivity index (χ0n) is 41.3. The van der Waals surface area contributed by atoms with Crippen LogP contribution in [0.3, 0.4) is 0 Å². The number of amides is 4. The number of pyridine rings is 1. The first kappa shape index (κ1) is 56.5. The molecule has 0 saturated carbocycles. The molecule has 0 spiro atoms. The Kier molecular flexibility index (Phi) is 22.8. The van der Waals surface area contributed by atoms with Gasteiger partial charge in [-0.25, -0.2) is 19.7 Å². The molecule has 5 heterocycles. The highest BCUT2D eigenvalue weighted by Gasteiger charge is 2.44. The molecule has 2 fully saturated rings. The van der Waals surface area contributed by atoms with Gasteiger partial charge in [0.2, 0.25) is 11.8 Å². The SMILES string of the molecule is CC(C)(C)OC(=O)NC1(C(=O)NCc2ccc(Cl)cc2)CCN(c2ncnc3[nH]ccc23)CC1.CCNCCOCCNC(=O)c1ncc(-c2cccc(CC)c2)cc1NC(=O)CN1CCOCC1.PS. The van der Waals surface area contributed by atoms with Crippen molar-refractivity contribution in [2.75, 3.05) is 89.0 Å². The second-order valence-electron chi connectivity index (χ2n) is 17.8. The Balaban J connectivity index is 0.000000255. The van der Waals surface area contributed by atoms with Gasteiger partial charge in [-0.15, -0.1) is 0 Å². The number of ether oxygens (including phenoxy) is 3. The normalized spacial score (nSPS) is 14.5. The van der Waals surface area contributed by atoms with Crippen LogP contribution in [0.25, 0.3) is 22.2 Å². The number of hydrogen-bond acceptors (Lipinski definition) is 14. The van der Waals surface area contributed by atoms with Gasteiger partial charge in [0.05, 0.1) is 44.0 Å². The van der Waals surface area contributed by atoms with Gasteiger partial charge in [0, 0.05) is 68.8 Å². The topological polar surface area (TPSA) is 217 Å². The summed E-state index contributed by atoms with van der Waals surface area (Å²) in [6.07, 6.45) is 6.12. The lowest BCUT2D eigenvalue weighted by molar-refractivity contribution is -0.128. The third kappa shape index (κ3) is 17.7. The molecule has 2 aromatic carbocycles. The Labute approximate surface area is 429 Å². The van der Waals surface area contributed by atoms with Crippen molar-refractivity contribution in [3.05, 3.63) is 101 Å². The number of halogens is 1. The molecule has 4 amide bonds. The van der Waals surface area contributed by atoms with Crippen LogP contribution >= 0.6 is 32.3 Å². The first-order chi connectivity index (χ1) is 34.3. The summed E-state index contributed by atoms with van der Waals surface area (Å²) in [6.45, 7) is 16.8. The average Bonchev–Trinajstić information content (AvgIpc) is 3.86. The Bertz CT molecular complexity index is 2480. The number of alkyl carbamates (subject to hydrolysis) is 1. The molecule has 5 aromatic rings. The summed E-state index contributed by atoms with van der Waals surface area (Å²) in [5.74, 6) is 0.0194. The Morgan fingerprint density at radius 2 is 1.62 bits per heavy atom. The summed E-state index contributed by atoms with van der Waals surface area (Å²) in [5.41, 5.74) is 3.51. The van der Waals surface area contributed by atoms with Gasteiger partial charge in [-0.1, -0.05) is 70.3 Å². The monoisotopic (exact) mass is 1030 g/mol. The Hall–Kier alpha value is -5.40. The standard InChI is InChI=1S/C26H37N5O4.C24H29ClN6O3.H3PS/c1-3-20-6-5-7-21(16-20)22-17-23(30-24(32)19-31-10-14-35-15-11-31)25(29-18-22)26(33)28-9-13-34-12-8-27-4-2;1-23(2,3)34-22(33)30-24(21(32)27-14-16-4-6-17(25)7-5-16)9-12-31(13-10-24)20-18-8-11-26-19(18)28-15-29-20;1-2/h5-7,16-18,27H,3-4,8-15,19H2,1-2H3,(H,28,33)(H,30,32);4-8,11,15H,9-10,12-14H2,1-3H3,(H,27,32)(H,30,33)(H,26,28,29);2H,1H2. The summed E-state index contributed by atoms with van der Waals surface area (Å²) in [4.78, 5) is 72.2. The van der Waals surface area contributed by atoms with Gasteiger partial charge < -0.3 is 50.7 Å². The summed E-state index contributed by atoms with van der Waals surface area (Å²) >= 11 is 9.40. The van der Waals surface area contributed by atoms with Crippen molar-refractivity contribution >= 4 is 78.6 Å². The molecule has 2 aliphatic heterocycles. The van der Waals surface area contributed by atoms with Crippen molar-refractivity contribution in [1.82, 2.24) is 46.1 Å². The van der Waals surface area contributed by atoms with E-state index in [0.29, 0.717) is 89.2 Å². The number of aromatic nitrogens is 4. The van der Waals surface area contributed by atoms with Gasteiger partial charge in [0.1, 0.15) is 28.9 Å². The molecule has 0 aliphatic carbocycles. The van der Waals surface area contributed by atoms with Crippen molar-refractivity contribution in [3.8, 4) is 11.1 Å². The summed E-state index contributed by atoms with van der Waals surface area (Å²) in [7, 11) is 2.11. The fourth-order valence-corrected chi connectivity index (χ4v) is 7.96. The van der Waals surface area contributed by atoms with Crippen LogP contribution in [-0.4, -0.2) is 139 Å². The number of rotatable bonds is 18. The summed E-state index contributed by atoms with van der Waals surface area (Å²) in [6, 6.07) is 19.2. The number of piperidine rings is 1. The molecule has 1 atom stereocenters. The molecule has 7 rings (SSSR count). The summed E-state index contributed by atoms with van der Waals surface area (Å²) < 4.78 is 16.3. The number of morpholine rings is 1. The number of H-pyrrole nitrogens is 1. The van der Waals surface area contributed by atoms with Gasteiger partial charge in [-0.05, 0) is 87.5 Å². The highest BCUT2D eigenvalue weighted by Crippen LogP contribution is 2.30. The van der Waals surface area contributed by atoms with Crippen LogP contribution in [0, 0.1) is 0 Å². The molecule has 2 aliphatic rings. The van der Waals surface area contributed by atoms with Crippen molar-refractivity contribution in [2.45, 2.75) is 71.6 Å². The van der Waals surface area contributed by atoms with E-state index in [1.807, 2.05) is 54.4 Å². The number of anilines is 2. The number of nitrogens with zero attached hydrogens (tertiary/aromatic N) is 5. The molecular formula is C50H69ClN11O7PS. The Morgan fingerprint density at radius 3 is 2.32 bits per heavy atom. The van der Waals surface area contributed by atoms with Crippen LogP contribution in [0.15, 0.2) is 79.4 Å². The van der Waals surface area contributed by atoms with Crippen LogP contribution in [0.5, 0.6) is 0 Å². The molecule has 0 radical (unpaired) electrons. The third-order valence-electron chi connectivity index (χ3n) is 11.5. The largest absolute Gasteiger partial charge is 0.444 e. The minimum Gasteiger partial charge on any atom is -0.444 e. The third-order valence-corrected chi connectivity index (χ3v) is 11.8. The molecule has 384 valence electrons. The smallest absolute Gasteiger partial charge is 0.408 e. The van der Waals surface area contributed by atoms with Crippen LogP contribution in [-0.2, 0) is 36.8 Å². The Morgan fingerprint density at radius 1 is 0.887 bits per heavy atom. The van der Waals surface area contributed by atoms with E-state index in [-0.39, 0.29) is 30.0 Å². The second-order valence-corrected chi connectivity index (χ2v) is 18.2. The van der Waals surface area contributed by atoms with E-state index < -0.39 is 17.2 Å². The van der Waals surface area contributed by atoms with E-state index in [2.05, 4.69) is 91.2 Å². The number of carbonyl (C=O) groups is 4. The van der Waals surface area contributed by atoms with Gasteiger partial charge in [0.25, 0.3) is 5.91 Å². The molecule has 21 heteroatoms.